The second kappa shape index (κ2) is 8.20. The molecule has 0 heterocycles. The molecule has 5 heteroatoms. The lowest BCUT2D eigenvalue weighted by Gasteiger charge is -2.03. The summed E-state index contributed by atoms with van der Waals surface area (Å²) in [5, 5.41) is 0. The molecule has 0 aromatic carbocycles. The predicted octanol–water partition coefficient (Wildman–Crippen LogP) is 1.56. The minimum absolute atomic E-state index is 0.215. The summed E-state index contributed by atoms with van der Waals surface area (Å²) in [6.45, 7) is 3.68. The molecule has 0 spiro atoms. The maximum absolute atomic E-state index is 10.5. The van der Waals surface area contributed by atoms with E-state index in [4.69, 9.17) is 4.74 Å². The average Bonchev–Trinajstić information content (AvgIpc) is 2.08. The molecule has 0 aliphatic rings. The predicted molar refractivity (Wildman–Crippen MR) is 55.8 cm³/mol. The number of ether oxygens (including phenoxy) is 1. The fourth-order valence-electron chi connectivity index (χ4n) is 0.927. The molecule has 14 heavy (non-hydrogen) atoms. The number of hydrogen-bond donors (Lipinski definition) is 0. The van der Waals surface area contributed by atoms with Crippen molar-refractivity contribution in [2.24, 2.45) is 0 Å². The SMILES string of the molecule is CCCCCOCCCOS(C)(=O)=O. The molecule has 0 aliphatic carbocycles. The van der Waals surface area contributed by atoms with E-state index in [0.29, 0.717) is 13.0 Å². The van der Waals surface area contributed by atoms with Crippen molar-refractivity contribution < 1.29 is 17.3 Å². The molecule has 4 nitrogen and oxygen atoms in total. The first-order valence-electron chi connectivity index (χ1n) is 4.98. The van der Waals surface area contributed by atoms with Gasteiger partial charge in [-0.25, -0.2) is 0 Å². The first-order valence-corrected chi connectivity index (χ1v) is 6.80. The lowest BCUT2D eigenvalue weighted by Crippen LogP contribution is -2.07. The number of unbranched alkanes of at least 4 members (excludes halogenated alkanes) is 2. The molecule has 0 saturated carbocycles. The average molecular weight is 224 g/mol. The Morgan fingerprint density at radius 1 is 1.00 bits per heavy atom. The van der Waals surface area contributed by atoms with Gasteiger partial charge in [0.2, 0.25) is 0 Å². The maximum atomic E-state index is 10.5. The molecule has 0 rings (SSSR count). The van der Waals surface area contributed by atoms with E-state index in [1.807, 2.05) is 0 Å². The van der Waals surface area contributed by atoms with Crippen molar-refractivity contribution in [3.63, 3.8) is 0 Å². The van der Waals surface area contributed by atoms with Gasteiger partial charge in [0.1, 0.15) is 0 Å². The Bertz CT molecular complexity index is 211. The highest BCUT2D eigenvalue weighted by Gasteiger charge is 1.99. The van der Waals surface area contributed by atoms with Gasteiger partial charge in [0.25, 0.3) is 10.1 Å². The summed E-state index contributed by atoms with van der Waals surface area (Å²) in [5.41, 5.74) is 0. The van der Waals surface area contributed by atoms with Crippen molar-refractivity contribution in [2.75, 3.05) is 26.1 Å². The van der Waals surface area contributed by atoms with E-state index in [-0.39, 0.29) is 6.61 Å². The van der Waals surface area contributed by atoms with Gasteiger partial charge in [-0.15, -0.1) is 0 Å². The molecule has 0 aromatic rings. The normalized spacial score (nSPS) is 11.9. The van der Waals surface area contributed by atoms with Gasteiger partial charge in [0.15, 0.2) is 0 Å². The Morgan fingerprint density at radius 3 is 2.21 bits per heavy atom. The zero-order valence-corrected chi connectivity index (χ0v) is 9.81. The van der Waals surface area contributed by atoms with Crippen LogP contribution in [0.15, 0.2) is 0 Å². The van der Waals surface area contributed by atoms with Crippen LogP contribution in [0.5, 0.6) is 0 Å². The summed E-state index contributed by atoms with van der Waals surface area (Å²) >= 11 is 0. The lowest BCUT2D eigenvalue weighted by atomic mass is 10.3. The van der Waals surface area contributed by atoms with Crippen LogP contribution in [-0.4, -0.2) is 34.5 Å². The highest BCUT2D eigenvalue weighted by atomic mass is 32.2. The van der Waals surface area contributed by atoms with Crippen molar-refractivity contribution in [1.82, 2.24) is 0 Å². The van der Waals surface area contributed by atoms with E-state index >= 15 is 0 Å². The molecule has 0 unspecified atom stereocenters. The Kier molecular flexibility index (Phi) is 8.12. The van der Waals surface area contributed by atoms with Crippen LogP contribution in [0.4, 0.5) is 0 Å². The molecular formula is C9H20O4S. The smallest absolute Gasteiger partial charge is 0.264 e. The molecule has 0 radical (unpaired) electrons. The van der Waals surface area contributed by atoms with Crippen LogP contribution in [0.1, 0.15) is 32.6 Å². The number of rotatable bonds is 9. The molecule has 86 valence electrons. The molecule has 0 atom stereocenters. The van der Waals surface area contributed by atoms with Crippen LogP contribution >= 0.6 is 0 Å². The van der Waals surface area contributed by atoms with E-state index in [1.165, 1.54) is 12.8 Å². The van der Waals surface area contributed by atoms with E-state index in [0.717, 1.165) is 19.3 Å². The minimum atomic E-state index is -3.28. The highest BCUT2D eigenvalue weighted by Crippen LogP contribution is 1.95. The van der Waals surface area contributed by atoms with Crippen molar-refractivity contribution in [3.8, 4) is 0 Å². The van der Waals surface area contributed by atoms with E-state index in [9.17, 15) is 8.42 Å². The maximum Gasteiger partial charge on any atom is 0.264 e. The monoisotopic (exact) mass is 224 g/mol. The molecule has 0 fully saturated rings. The van der Waals surface area contributed by atoms with Gasteiger partial charge in [-0.2, -0.15) is 8.42 Å². The second-order valence-corrected chi connectivity index (χ2v) is 4.84. The Morgan fingerprint density at radius 2 is 1.64 bits per heavy atom. The van der Waals surface area contributed by atoms with Crippen molar-refractivity contribution >= 4 is 10.1 Å². The third kappa shape index (κ3) is 11.9. The first-order chi connectivity index (χ1) is 6.56. The Hall–Kier alpha value is -0.130. The standard InChI is InChI=1S/C9H20O4S/c1-3-4-5-7-12-8-6-9-13-14(2,10)11/h3-9H2,1-2H3. The third-order valence-electron chi connectivity index (χ3n) is 1.62. The zero-order valence-electron chi connectivity index (χ0n) is 8.99. The first kappa shape index (κ1) is 13.9. The summed E-state index contributed by atoms with van der Waals surface area (Å²) in [7, 11) is -3.28. The van der Waals surface area contributed by atoms with Crippen molar-refractivity contribution in [2.45, 2.75) is 32.6 Å². The van der Waals surface area contributed by atoms with Gasteiger partial charge in [-0.1, -0.05) is 19.8 Å². The van der Waals surface area contributed by atoms with E-state index in [1.54, 1.807) is 0 Å². The summed E-state index contributed by atoms with van der Waals surface area (Å²) in [4.78, 5) is 0. The largest absolute Gasteiger partial charge is 0.381 e. The minimum Gasteiger partial charge on any atom is -0.381 e. The molecule has 0 aromatic heterocycles. The summed E-state index contributed by atoms with van der Waals surface area (Å²) in [6, 6.07) is 0. The summed E-state index contributed by atoms with van der Waals surface area (Å²) in [6.07, 6.45) is 5.11. The molecule has 0 amide bonds. The van der Waals surface area contributed by atoms with Crippen LogP contribution < -0.4 is 0 Å². The summed E-state index contributed by atoms with van der Waals surface area (Å²) in [5.74, 6) is 0. The van der Waals surface area contributed by atoms with Crippen molar-refractivity contribution in [3.05, 3.63) is 0 Å². The Balaban J connectivity index is 3.07. The quantitative estimate of drug-likeness (QED) is 0.440. The van der Waals surface area contributed by atoms with Gasteiger partial charge in [-0.3, -0.25) is 4.18 Å². The number of hydrogen-bond acceptors (Lipinski definition) is 4. The van der Waals surface area contributed by atoms with Crippen LogP contribution in [0.25, 0.3) is 0 Å². The van der Waals surface area contributed by atoms with Crippen LogP contribution in [0, 0.1) is 0 Å². The van der Waals surface area contributed by atoms with Gasteiger partial charge in [-0.05, 0) is 12.8 Å². The zero-order chi connectivity index (χ0) is 10.9. The van der Waals surface area contributed by atoms with Gasteiger partial charge >= 0.3 is 0 Å². The second-order valence-electron chi connectivity index (χ2n) is 3.20. The third-order valence-corrected chi connectivity index (χ3v) is 2.22. The molecule has 0 saturated heterocycles. The highest BCUT2D eigenvalue weighted by molar-refractivity contribution is 7.85. The van der Waals surface area contributed by atoms with Gasteiger partial charge in [0.05, 0.1) is 12.9 Å². The molecule has 0 aliphatic heterocycles. The van der Waals surface area contributed by atoms with Crippen molar-refractivity contribution in [1.29, 1.82) is 0 Å². The molecular weight excluding hydrogens is 204 g/mol. The van der Waals surface area contributed by atoms with Gasteiger partial charge < -0.3 is 4.74 Å². The molecule has 0 bridgehead atoms. The van der Waals surface area contributed by atoms with E-state index in [2.05, 4.69) is 11.1 Å². The van der Waals surface area contributed by atoms with Crippen LogP contribution in [0.3, 0.4) is 0 Å². The van der Waals surface area contributed by atoms with Crippen LogP contribution in [-0.2, 0) is 19.0 Å². The fraction of sp³-hybridized carbons (Fsp3) is 1.00. The Labute approximate surface area is 86.7 Å². The van der Waals surface area contributed by atoms with Crippen LogP contribution in [0.2, 0.25) is 0 Å². The summed E-state index contributed by atoms with van der Waals surface area (Å²) < 4.78 is 30.9. The lowest BCUT2D eigenvalue weighted by molar-refractivity contribution is 0.117. The molecule has 0 N–H and O–H groups in total. The van der Waals surface area contributed by atoms with E-state index < -0.39 is 10.1 Å². The fourth-order valence-corrected chi connectivity index (χ4v) is 1.35. The topological polar surface area (TPSA) is 52.6 Å². The van der Waals surface area contributed by atoms with Gasteiger partial charge in [0, 0.05) is 13.2 Å².